The Labute approximate surface area is 132 Å². The number of nitrogens with one attached hydrogen (secondary N) is 1. The summed E-state index contributed by atoms with van der Waals surface area (Å²) in [5.41, 5.74) is -0.384. The van der Waals surface area contributed by atoms with E-state index < -0.39 is 17.8 Å². The number of benzene rings is 2. The Hall–Kier alpha value is -2.61. The third-order valence-electron chi connectivity index (χ3n) is 2.88. The van der Waals surface area contributed by atoms with Crippen molar-refractivity contribution in [1.29, 1.82) is 0 Å². The fourth-order valence-electron chi connectivity index (χ4n) is 1.86. The van der Waals surface area contributed by atoms with Crippen LogP contribution in [0.3, 0.4) is 0 Å². The second-order valence-corrected chi connectivity index (χ2v) is 5.56. The summed E-state index contributed by atoms with van der Waals surface area (Å²) in [5.74, 6) is 0.352. The van der Waals surface area contributed by atoms with Crippen molar-refractivity contribution < 1.29 is 22.7 Å². The standard InChI is InChI=1S/C15H9F3N2O2S/c16-15(17,18)9-6-7-11-12(8-9)23-13(19-11)20-14(21)22-10-4-2-1-3-5-10/h1-8H,(H,19,20,21). The lowest BCUT2D eigenvalue weighted by Gasteiger charge is -2.04. The maximum absolute atomic E-state index is 12.7. The molecule has 0 radical (unpaired) electrons. The number of hydrogen-bond acceptors (Lipinski definition) is 4. The number of thiazole rings is 1. The Morgan fingerprint density at radius 1 is 1.13 bits per heavy atom. The molecule has 118 valence electrons. The number of anilines is 1. The fraction of sp³-hybridized carbons (Fsp3) is 0.0667. The average Bonchev–Trinajstić information content (AvgIpc) is 2.88. The number of nitrogens with zero attached hydrogens (tertiary/aromatic N) is 1. The van der Waals surface area contributed by atoms with Crippen LogP contribution in [0.15, 0.2) is 48.5 Å². The van der Waals surface area contributed by atoms with Crippen molar-refractivity contribution in [3.8, 4) is 5.75 Å². The minimum absolute atomic E-state index is 0.167. The van der Waals surface area contributed by atoms with Gasteiger partial charge >= 0.3 is 12.3 Å². The van der Waals surface area contributed by atoms with Crippen LogP contribution in [-0.2, 0) is 6.18 Å². The molecule has 1 heterocycles. The lowest BCUT2D eigenvalue weighted by atomic mass is 10.2. The van der Waals surface area contributed by atoms with Crippen molar-refractivity contribution in [1.82, 2.24) is 4.98 Å². The van der Waals surface area contributed by atoms with Gasteiger partial charge in [0.15, 0.2) is 5.13 Å². The topological polar surface area (TPSA) is 51.2 Å². The van der Waals surface area contributed by atoms with E-state index in [1.165, 1.54) is 6.07 Å². The zero-order valence-corrected chi connectivity index (χ0v) is 12.2. The normalized spacial score (nSPS) is 11.4. The first kappa shape index (κ1) is 15.3. The highest BCUT2D eigenvalue weighted by Crippen LogP contribution is 2.34. The monoisotopic (exact) mass is 338 g/mol. The van der Waals surface area contributed by atoms with Crippen molar-refractivity contribution in [2.45, 2.75) is 6.18 Å². The number of alkyl halides is 3. The van der Waals surface area contributed by atoms with Gasteiger partial charge in [-0.3, -0.25) is 5.32 Å². The summed E-state index contributed by atoms with van der Waals surface area (Å²) >= 11 is 0.943. The number of fused-ring (bicyclic) bond motifs is 1. The van der Waals surface area contributed by atoms with Crippen LogP contribution in [0, 0.1) is 0 Å². The van der Waals surface area contributed by atoms with Gasteiger partial charge in [0.25, 0.3) is 0 Å². The number of carbonyl (C=O) groups is 1. The largest absolute Gasteiger partial charge is 0.418 e. The van der Waals surface area contributed by atoms with E-state index >= 15 is 0 Å². The molecule has 1 aromatic heterocycles. The number of ether oxygens (including phenoxy) is 1. The van der Waals surface area contributed by atoms with Gasteiger partial charge in [-0.1, -0.05) is 29.5 Å². The van der Waals surface area contributed by atoms with Crippen LogP contribution in [0.4, 0.5) is 23.1 Å². The van der Waals surface area contributed by atoms with Crippen molar-refractivity contribution in [2.75, 3.05) is 5.32 Å². The van der Waals surface area contributed by atoms with Crippen molar-refractivity contribution in [3.05, 3.63) is 54.1 Å². The van der Waals surface area contributed by atoms with Gasteiger partial charge < -0.3 is 4.74 Å². The molecule has 0 unspecified atom stereocenters. The van der Waals surface area contributed by atoms with E-state index in [4.69, 9.17) is 4.74 Å². The van der Waals surface area contributed by atoms with Crippen LogP contribution >= 0.6 is 11.3 Å². The molecule has 0 bridgehead atoms. The van der Waals surface area contributed by atoms with Crippen LogP contribution in [0.25, 0.3) is 10.2 Å². The van der Waals surface area contributed by atoms with Gasteiger partial charge in [0.05, 0.1) is 15.8 Å². The average molecular weight is 338 g/mol. The molecule has 0 aliphatic heterocycles. The van der Waals surface area contributed by atoms with Crippen molar-refractivity contribution >= 4 is 32.8 Å². The van der Waals surface area contributed by atoms with Crippen LogP contribution in [0.2, 0.25) is 0 Å². The molecule has 8 heteroatoms. The summed E-state index contributed by atoms with van der Waals surface area (Å²) in [6.45, 7) is 0. The molecule has 0 spiro atoms. The minimum Gasteiger partial charge on any atom is -0.410 e. The van der Waals surface area contributed by atoms with Crippen LogP contribution in [-0.4, -0.2) is 11.1 Å². The number of amides is 1. The molecule has 0 aliphatic carbocycles. The zero-order chi connectivity index (χ0) is 16.4. The maximum Gasteiger partial charge on any atom is 0.418 e. The quantitative estimate of drug-likeness (QED) is 0.721. The van der Waals surface area contributed by atoms with Gasteiger partial charge in [-0.2, -0.15) is 13.2 Å². The summed E-state index contributed by atoms with van der Waals surface area (Å²) in [6.07, 6.45) is -5.18. The highest BCUT2D eigenvalue weighted by molar-refractivity contribution is 7.22. The Bertz CT molecular complexity index is 847. The van der Waals surface area contributed by atoms with Crippen LogP contribution < -0.4 is 10.1 Å². The summed E-state index contributed by atoms with van der Waals surface area (Å²) in [7, 11) is 0. The molecule has 3 aromatic rings. The fourth-order valence-corrected chi connectivity index (χ4v) is 2.75. The molecule has 3 rings (SSSR count). The highest BCUT2D eigenvalue weighted by atomic mass is 32.1. The van der Waals surface area contributed by atoms with Crippen LogP contribution in [0.1, 0.15) is 5.56 Å². The predicted molar refractivity (Wildman–Crippen MR) is 80.7 cm³/mol. The van der Waals surface area contributed by atoms with Gasteiger partial charge in [-0.05, 0) is 30.3 Å². The Morgan fingerprint density at radius 3 is 2.57 bits per heavy atom. The molecule has 23 heavy (non-hydrogen) atoms. The highest BCUT2D eigenvalue weighted by Gasteiger charge is 2.30. The third kappa shape index (κ3) is 3.59. The lowest BCUT2D eigenvalue weighted by molar-refractivity contribution is -0.137. The van der Waals surface area contributed by atoms with Gasteiger partial charge in [-0.25, -0.2) is 9.78 Å². The molecular formula is C15H9F3N2O2S. The maximum atomic E-state index is 12.7. The molecule has 1 N–H and O–H groups in total. The molecule has 0 fully saturated rings. The van der Waals surface area contributed by atoms with E-state index in [0.29, 0.717) is 16.0 Å². The van der Waals surface area contributed by atoms with E-state index in [9.17, 15) is 18.0 Å². The number of halogens is 3. The van der Waals surface area contributed by atoms with Crippen LogP contribution in [0.5, 0.6) is 5.75 Å². The minimum atomic E-state index is -4.42. The molecule has 0 saturated carbocycles. The van der Waals surface area contributed by atoms with E-state index in [1.54, 1.807) is 30.3 Å². The number of hydrogen-bond donors (Lipinski definition) is 1. The predicted octanol–water partition coefficient (Wildman–Crippen LogP) is 4.93. The number of para-hydroxylation sites is 1. The van der Waals surface area contributed by atoms with E-state index in [2.05, 4.69) is 10.3 Å². The van der Waals surface area contributed by atoms with E-state index in [-0.39, 0.29) is 5.13 Å². The first-order valence-electron chi connectivity index (χ1n) is 6.43. The lowest BCUT2D eigenvalue weighted by Crippen LogP contribution is -2.16. The molecular weight excluding hydrogens is 329 g/mol. The number of rotatable bonds is 2. The van der Waals surface area contributed by atoms with Crippen molar-refractivity contribution in [2.24, 2.45) is 0 Å². The molecule has 2 aromatic carbocycles. The second kappa shape index (κ2) is 5.88. The SMILES string of the molecule is O=C(Nc1nc2ccc(C(F)(F)F)cc2s1)Oc1ccccc1. The molecule has 4 nitrogen and oxygen atoms in total. The summed E-state index contributed by atoms with van der Waals surface area (Å²) in [4.78, 5) is 15.8. The third-order valence-corrected chi connectivity index (χ3v) is 3.81. The van der Waals surface area contributed by atoms with E-state index in [1.807, 2.05) is 0 Å². The Morgan fingerprint density at radius 2 is 1.87 bits per heavy atom. The van der Waals surface area contributed by atoms with E-state index in [0.717, 1.165) is 23.5 Å². The zero-order valence-electron chi connectivity index (χ0n) is 11.4. The smallest absolute Gasteiger partial charge is 0.410 e. The van der Waals surface area contributed by atoms with Gasteiger partial charge in [0, 0.05) is 0 Å². The summed E-state index contributed by atoms with van der Waals surface area (Å²) < 4.78 is 43.4. The van der Waals surface area contributed by atoms with Gasteiger partial charge in [0.2, 0.25) is 0 Å². The first-order chi connectivity index (χ1) is 10.9. The van der Waals surface area contributed by atoms with Gasteiger partial charge in [-0.15, -0.1) is 0 Å². The molecule has 1 amide bonds. The van der Waals surface area contributed by atoms with Gasteiger partial charge in [0.1, 0.15) is 5.75 Å². The summed E-state index contributed by atoms with van der Waals surface area (Å²) in [6, 6.07) is 11.6. The van der Waals surface area contributed by atoms with Crippen molar-refractivity contribution in [3.63, 3.8) is 0 Å². The Kier molecular flexibility index (Phi) is 3.91. The number of aromatic nitrogens is 1. The molecule has 0 saturated heterocycles. The number of carbonyl (C=O) groups excluding carboxylic acids is 1. The second-order valence-electron chi connectivity index (χ2n) is 4.53. The summed E-state index contributed by atoms with van der Waals surface area (Å²) in [5, 5.41) is 2.57. The Balaban J connectivity index is 1.77. The molecule has 0 aliphatic rings. The first-order valence-corrected chi connectivity index (χ1v) is 7.25. The molecule has 0 atom stereocenters.